The van der Waals surface area contributed by atoms with Crippen LogP contribution in [0.4, 0.5) is 11.4 Å². The van der Waals surface area contributed by atoms with E-state index in [1.165, 1.54) is 33.7 Å². The molecule has 316 valence electrons. The van der Waals surface area contributed by atoms with Crippen molar-refractivity contribution in [3.05, 3.63) is 154 Å². The molecule has 0 saturated carbocycles. The van der Waals surface area contributed by atoms with Gasteiger partial charge in [-0.05, 0) is 78.7 Å². The second kappa shape index (κ2) is 20.5. The molecule has 4 aromatic carbocycles. The number of carbonyl (C=O) groups is 2. The SMILES string of the molecule is CCNC(=O)c1cccc(N(Cc2ccc(Cl)cc2)S(=O)(=O)c2cn(C)cn2)c1.COCCNC(=O)c1cccc(N(Cc2ccc(Cl)cc2)S(=O)(=O)c2cn(C)cn2)c1. The Kier molecular flexibility index (Phi) is 15.5. The van der Waals surface area contributed by atoms with Gasteiger partial charge in [0.1, 0.15) is 0 Å². The van der Waals surface area contributed by atoms with Gasteiger partial charge in [-0.3, -0.25) is 18.2 Å². The Morgan fingerprint density at radius 1 is 0.667 bits per heavy atom. The fourth-order valence-corrected chi connectivity index (χ4v) is 8.73. The van der Waals surface area contributed by atoms with Gasteiger partial charge in [0.25, 0.3) is 31.9 Å². The van der Waals surface area contributed by atoms with Gasteiger partial charge in [-0.25, -0.2) is 9.97 Å². The van der Waals surface area contributed by atoms with Gasteiger partial charge in [0, 0.05) is 67.9 Å². The molecule has 6 rings (SSSR count). The van der Waals surface area contributed by atoms with Gasteiger partial charge < -0.3 is 24.5 Å². The predicted octanol–water partition coefficient (Wildman–Crippen LogP) is 6.06. The number of aromatic nitrogens is 4. The zero-order valence-corrected chi connectivity index (χ0v) is 36.3. The summed E-state index contributed by atoms with van der Waals surface area (Å²) in [6, 6.07) is 26.8. The molecule has 0 aliphatic rings. The summed E-state index contributed by atoms with van der Waals surface area (Å²) in [6.07, 6.45) is 5.73. The number of hydrogen-bond acceptors (Lipinski definition) is 9. The summed E-state index contributed by atoms with van der Waals surface area (Å²) in [5, 5.41) is 6.41. The number of hydrogen-bond donors (Lipinski definition) is 2. The van der Waals surface area contributed by atoms with Crippen molar-refractivity contribution in [1.82, 2.24) is 29.7 Å². The lowest BCUT2D eigenvalue weighted by Gasteiger charge is -2.24. The minimum Gasteiger partial charge on any atom is -0.383 e. The first-order chi connectivity index (χ1) is 28.6. The molecule has 19 heteroatoms. The number of ether oxygens (including phenoxy) is 1. The van der Waals surface area contributed by atoms with Gasteiger partial charge >= 0.3 is 0 Å². The van der Waals surface area contributed by atoms with E-state index in [4.69, 9.17) is 27.9 Å². The molecule has 0 atom stereocenters. The monoisotopic (exact) mass is 894 g/mol. The highest BCUT2D eigenvalue weighted by Gasteiger charge is 2.29. The minimum atomic E-state index is -3.99. The first-order valence-electron chi connectivity index (χ1n) is 18.4. The van der Waals surface area contributed by atoms with E-state index in [9.17, 15) is 26.4 Å². The molecule has 2 amide bonds. The quantitative estimate of drug-likeness (QED) is 0.109. The molecule has 15 nitrogen and oxygen atoms in total. The summed E-state index contributed by atoms with van der Waals surface area (Å²) in [5.74, 6) is -0.586. The highest BCUT2D eigenvalue weighted by molar-refractivity contribution is 7.93. The number of halogens is 2. The number of aryl methyl sites for hydroxylation is 2. The molecule has 0 bridgehead atoms. The second-order valence-electron chi connectivity index (χ2n) is 13.2. The van der Waals surface area contributed by atoms with Crippen LogP contribution in [-0.2, 0) is 52.0 Å². The summed E-state index contributed by atoms with van der Waals surface area (Å²) in [7, 11) is -3.01. The standard InChI is InChI=1S/C21H23ClN4O4S.C20H21ClN4O3S/c1-25-14-20(24-15-25)31(28,29)26(13-16-6-8-18(22)9-7-16)19-5-3-4-17(12-19)21(27)23-10-11-30-2;1-3-22-20(26)16-5-4-6-18(11-16)25(12-15-7-9-17(21)10-8-15)29(27,28)19-13-24(2)14-23-19/h3-9,12,14-15H,10-11,13H2,1-2H3,(H,23,27);4-11,13-14H,3,12H2,1-2H3,(H,22,26). The summed E-state index contributed by atoms with van der Waals surface area (Å²) in [6.45, 7) is 3.13. The molecule has 0 saturated heterocycles. The van der Waals surface area contributed by atoms with Gasteiger partial charge in [-0.2, -0.15) is 16.8 Å². The molecule has 0 aliphatic heterocycles. The number of anilines is 2. The first-order valence-corrected chi connectivity index (χ1v) is 22.0. The fraction of sp³-hybridized carbons (Fsp3) is 0.220. The van der Waals surface area contributed by atoms with Crippen LogP contribution in [0.5, 0.6) is 0 Å². The molecule has 0 spiro atoms. The van der Waals surface area contributed by atoms with Crippen LogP contribution in [0.2, 0.25) is 10.0 Å². The Morgan fingerprint density at radius 3 is 1.45 bits per heavy atom. The van der Waals surface area contributed by atoms with E-state index in [1.54, 1.807) is 127 Å². The highest BCUT2D eigenvalue weighted by Crippen LogP contribution is 2.28. The third kappa shape index (κ3) is 11.7. The average molecular weight is 896 g/mol. The second-order valence-corrected chi connectivity index (χ2v) is 17.7. The van der Waals surface area contributed by atoms with Crippen LogP contribution in [-0.4, -0.2) is 74.6 Å². The van der Waals surface area contributed by atoms with Gasteiger partial charge in [0.15, 0.2) is 10.1 Å². The summed E-state index contributed by atoms with van der Waals surface area (Å²) >= 11 is 11.9. The average Bonchev–Trinajstić information content (AvgIpc) is 3.89. The number of benzene rings is 4. The van der Waals surface area contributed by atoms with Crippen molar-refractivity contribution in [1.29, 1.82) is 0 Å². The van der Waals surface area contributed by atoms with Gasteiger partial charge in [0.2, 0.25) is 0 Å². The molecule has 0 radical (unpaired) electrons. The van der Waals surface area contributed by atoms with Crippen molar-refractivity contribution >= 4 is 66.4 Å². The van der Waals surface area contributed by atoms with Gasteiger partial charge in [0.05, 0.1) is 43.7 Å². The molecule has 2 N–H and O–H groups in total. The zero-order chi connectivity index (χ0) is 43.5. The Morgan fingerprint density at radius 2 is 1.08 bits per heavy atom. The maximum atomic E-state index is 13.4. The number of methoxy groups -OCH3 is 1. The van der Waals surface area contributed by atoms with E-state index in [0.717, 1.165) is 11.1 Å². The normalized spacial score (nSPS) is 11.3. The molecular weight excluding hydrogens is 852 g/mol. The van der Waals surface area contributed by atoms with E-state index in [1.807, 2.05) is 6.92 Å². The van der Waals surface area contributed by atoms with Crippen LogP contribution in [0.1, 0.15) is 38.8 Å². The number of nitrogens with zero attached hydrogens (tertiary/aromatic N) is 6. The zero-order valence-electron chi connectivity index (χ0n) is 33.2. The van der Waals surface area contributed by atoms with Crippen LogP contribution in [0, 0.1) is 0 Å². The largest absolute Gasteiger partial charge is 0.383 e. The van der Waals surface area contributed by atoms with Crippen LogP contribution in [0.15, 0.2) is 132 Å². The van der Waals surface area contributed by atoms with E-state index >= 15 is 0 Å². The van der Waals surface area contributed by atoms with E-state index in [0.29, 0.717) is 52.2 Å². The van der Waals surface area contributed by atoms with Crippen LogP contribution in [0.25, 0.3) is 0 Å². The molecule has 0 fully saturated rings. The minimum absolute atomic E-state index is 0.0465. The van der Waals surface area contributed by atoms with Gasteiger partial charge in [-0.1, -0.05) is 59.6 Å². The third-order valence-electron chi connectivity index (χ3n) is 8.67. The summed E-state index contributed by atoms with van der Waals surface area (Å²) in [5.41, 5.74) is 2.91. The molecule has 0 aliphatic carbocycles. The summed E-state index contributed by atoms with van der Waals surface area (Å²) in [4.78, 5) is 32.7. The van der Waals surface area contributed by atoms with E-state index in [2.05, 4.69) is 20.6 Å². The highest BCUT2D eigenvalue weighted by atomic mass is 35.5. The Bertz CT molecular complexity index is 2620. The fourth-order valence-electron chi connectivity index (χ4n) is 5.65. The van der Waals surface area contributed by atoms with Crippen molar-refractivity contribution in [3.8, 4) is 0 Å². The maximum absolute atomic E-state index is 13.4. The lowest BCUT2D eigenvalue weighted by molar-refractivity contribution is 0.0934. The van der Waals surface area contributed by atoms with E-state index < -0.39 is 20.0 Å². The smallest absolute Gasteiger partial charge is 0.283 e. The van der Waals surface area contributed by atoms with Crippen LogP contribution >= 0.6 is 23.2 Å². The molecular formula is C41H44Cl2N8O7S2. The Hall–Kier alpha value is -5.72. The summed E-state index contributed by atoms with van der Waals surface area (Å²) < 4.78 is 64.1. The lowest BCUT2D eigenvalue weighted by atomic mass is 10.1. The molecule has 2 heterocycles. The Balaban J connectivity index is 0.000000228. The third-order valence-corrected chi connectivity index (χ3v) is 12.5. The molecule has 0 unspecified atom stereocenters. The number of amides is 2. The van der Waals surface area contributed by atoms with E-state index in [-0.39, 0.29) is 35.0 Å². The van der Waals surface area contributed by atoms with Crippen molar-refractivity contribution in [2.24, 2.45) is 14.1 Å². The van der Waals surface area contributed by atoms with Gasteiger partial charge in [-0.15, -0.1) is 0 Å². The van der Waals surface area contributed by atoms with Crippen molar-refractivity contribution in [2.45, 2.75) is 30.1 Å². The first kappa shape index (κ1) is 45.4. The van der Waals surface area contributed by atoms with Crippen molar-refractivity contribution in [3.63, 3.8) is 0 Å². The lowest BCUT2D eigenvalue weighted by Crippen LogP contribution is -2.31. The van der Waals surface area contributed by atoms with Crippen LogP contribution < -0.4 is 19.2 Å². The number of nitrogens with one attached hydrogen (secondary N) is 2. The van der Waals surface area contributed by atoms with Crippen molar-refractivity contribution in [2.75, 3.05) is 35.4 Å². The number of imidazole rings is 2. The van der Waals surface area contributed by atoms with Crippen molar-refractivity contribution < 1.29 is 31.2 Å². The number of sulfonamides is 2. The maximum Gasteiger partial charge on any atom is 0.283 e. The Labute approximate surface area is 359 Å². The molecule has 6 aromatic rings. The predicted molar refractivity (Wildman–Crippen MR) is 231 cm³/mol. The molecule has 60 heavy (non-hydrogen) atoms. The number of carbonyl (C=O) groups excluding carboxylic acids is 2. The molecule has 2 aromatic heterocycles. The number of rotatable bonds is 16. The topological polar surface area (TPSA) is 178 Å². The van der Waals surface area contributed by atoms with Crippen LogP contribution in [0.3, 0.4) is 0 Å².